The molecule has 1 radical (unpaired) electrons. The van der Waals surface area contributed by atoms with Crippen LogP contribution in [-0.4, -0.2) is 11.9 Å². The zero-order valence-corrected chi connectivity index (χ0v) is 6.07. The van der Waals surface area contributed by atoms with E-state index in [0.29, 0.717) is 0 Å². The maximum absolute atomic E-state index is 3.36. The molecule has 1 aliphatic heterocycles. The Morgan fingerprint density at radius 2 is 2.67 bits per heavy atom. The van der Waals surface area contributed by atoms with Crippen molar-refractivity contribution in [3.63, 3.8) is 0 Å². The summed E-state index contributed by atoms with van der Waals surface area (Å²) in [6.07, 6.45) is 8.96. The highest BCUT2D eigenvalue weighted by Gasteiger charge is 2.20. The van der Waals surface area contributed by atoms with Crippen molar-refractivity contribution in [3.8, 4) is 0 Å². The van der Waals surface area contributed by atoms with Crippen LogP contribution in [0.25, 0.3) is 0 Å². The molecule has 1 atom stereocenters. The molecule has 0 aromatic carbocycles. The van der Waals surface area contributed by atoms with E-state index in [-0.39, 0.29) is 0 Å². The van der Waals surface area contributed by atoms with E-state index in [9.17, 15) is 0 Å². The molecule has 1 aliphatic carbocycles. The molecule has 0 aromatic heterocycles. The fourth-order valence-corrected chi connectivity index (χ4v) is 2.35. The molecule has 2 aliphatic rings. The van der Waals surface area contributed by atoms with E-state index in [0.717, 1.165) is 11.9 Å². The fourth-order valence-electron chi connectivity index (χ4n) is 1.21. The van der Waals surface area contributed by atoms with Crippen molar-refractivity contribution in [2.45, 2.75) is 12.1 Å². The van der Waals surface area contributed by atoms with Crippen LogP contribution in [0, 0.1) is 0 Å². The molecule has 1 nitrogen and oxygen atoms in total. The van der Waals surface area contributed by atoms with Gasteiger partial charge in [-0.25, -0.2) is 0 Å². The van der Waals surface area contributed by atoms with Crippen LogP contribution in [0.5, 0.6) is 0 Å². The number of allylic oxidation sites excluding steroid dienone is 4. The Hall–Kier alpha value is -0.290. The van der Waals surface area contributed by atoms with Crippen LogP contribution < -0.4 is 5.32 Å². The van der Waals surface area contributed by atoms with Gasteiger partial charge in [0.1, 0.15) is 0 Å². The maximum Gasteiger partial charge on any atom is 0.0392 e. The van der Waals surface area contributed by atoms with Crippen molar-refractivity contribution in [1.82, 2.24) is 5.32 Å². The minimum atomic E-state index is 0.801. The van der Waals surface area contributed by atoms with Gasteiger partial charge in [-0.2, -0.15) is 0 Å². The molecule has 2 rings (SSSR count). The first-order valence-corrected chi connectivity index (χ1v) is 4.39. The summed E-state index contributed by atoms with van der Waals surface area (Å²) in [6, 6.07) is 0. The van der Waals surface area contributed by atoms with Gasteiger partial charge in [0.25, 0.3) is 0 Å². The zero-order chi connectivity index (χ0) is 6.10. The summed E-state index contributed by atoms with van der Waals surface area (Å²) in [7, 11) is 1.55. The highest BCUT2D eigenvalue weighted by molar-refractivity contribution is 7.39. The van der Waals surface area contributed by atoms with Crippen LogP contribution in [0.2, 0.25) is 0 Å². The minimum absolute atomic E-state index is 0.801. The molecule has 0 aromatic rings. The summed E-state index contributed by atoms with van der Waals surface area (Å²) >= 11 is 0. The second-order valence-electron chi connectivity index (χ2n) is 2.32. The fraction of sp³-hybridized carbons (Fsp3) is 0.429. The average molecular weight is 138 g/mol. The maximum atomic E-state index is 3.36. The van der Waals surface area contributed by atoms with Gasteiger partial charge in [0.2, 0.25) is 0 Å². The van der Waals surface area contributed by atoms with E-state index in [4.69, 9.17) is 0 Å². The first-order chi connectivity index (χ1) is 4.47. The number of hydrogen-bond donors (Lipinski definition) is 1. The SMILES string of the molecule is C1=CCC2[P]CNC2=C1. The van der Waals surface area contributed by atoms with Crippen LogP contribution in [0.3, 0.4) is 0 Å². The van der Waals surface area contributed by atoms with Crippen LogP contribution in [-0.2, 0) is 0 Å². The van der Waals surface area contributed by atoms with E-state index < -0.39 is 0 Å². The molecule has 0 saturated carbocycles. The Labute approximate surface area is 57.0 Å². The van der Waals surface area contributed by atoms with Gasteiger partial charge >= 0.3 is 0 Å². The van der Waals surface area contributed by atoms with Gasteiger partial charge in [-0.3, -0.25) is 0 Å². The van der Waals surface area contributed by atoms with E-state index in [2.05, 4.69) is 23.5 Å². The summed E-state index contributed by atoms with van der Waals surface area (Å²) in [5, 5.41) is 3.36. The van der Waals surface area contributed by atoms with E-state index in [1.165, 1.54) is 12.1 Å². The van der Waals surface area contributed by atoms with Crippen molar-refractivity contribution in [2.24, 2.45) is 0 Å². The van der Waals surface area contributed by atoms with Crippen molar-refractivity contribution < 1.29 is 0 Å². The molecule has 1 saturated heterocycles. The molecule has 1 heterocycles. The topological polar surface area (TPSA) is 12.0 Å². The summed E-state index contributed by atoms with van der Waals surface area (Å²) < 4.78 is 0. The van der Waals surface area contributed by atoms with E-state index in [1.54, 1.807) is 8.58 Å². The monoisotopic (exact) mass is 138 g/mol. The van der Waals surface area contributed by atoms with Gasteiger partial charge < -0.3 is 5.32 Å². The second-order valence-corrected chi connectivity index (χ2v) is 3.62. The van der Waals surface area contributed by atoms with Crippen molar-refractivity contribution in [1.29, 1.82) is 0 Å². The molecular weight excluding hydrogens is 129 g/mol. The average Bonchev–Trinajstić information content (AvgIpc) is 2.33. The van der Waals surface area contributed by atoms with Crippen molar-refractivity contribution >= 4 is 8.58 Å². The molecule has 0 spiro atoms. The lowest BCUT2D eigenvalue weighted by atomic mass is 10.1. The highest BCUT2D eigenvalue weighted by Crippen LogP contribution is 2.34. The quantitative estimate of drug-likeness (QED) is 0.502. The van der Waals surface area contributed by atoms with Gasteiger partial charge in [-0.15, -0.1) is 0 Å². The molecule has 2 heteroatoms. The molecule has 9 heavy (non-hydrogen) atoms. The molecule has 1 fully saturated rings. The Morgan fingerprint density at radius 1 is 1.67 bits per heavy atom. The highest BCUT2D eigenvalue weighted by atomic mass is 31.1. The first kappa shape index (κ1) is 5.49. The summed E-state index contributed by atoms with van der Waals surface area (Å²) in [5.74, 6) is 0. The Morgan fingerprint density at radius 3 is 3.56 bits per heavy atom. The standard InChI is InChI=1S/C7H9NP/c1-2-4-7-6(3-1)8-5-9-7/h1-3,7-8H,4-5H2. The predicted octanol–water partition coefficient (Wildman–Crippen LogP) is 1.71. The smallest absolute Gasteiger partial charge is 0.0392 e. The predicted molar refractivity (Wildman–Crippen MR) is 40.6 cm³/mol. The minimum Gasteiger partial charge on any atom is -0.384 e. The van der Waals surface area contributed by atoms with Crippen LogP contribution >= 0.6 is 8.58 Å². The summed E-state index contributed by atoms with van der Waals surface area (Å²) in [4.78, 5) is 0. The summed E-state index contributed by atoms with van der Waals surface area (Å²) in [5.41, 5.74) is 2.24. The third-order valence-electron chi connectivity index (χ3n) is 1.73. The van der Waals surface area contributed by atoms with Gasteiger partial charge in [-0.1, -0.05) is 12.2 Å². The Balaban J connectivity index is 2.23. The Bertz CT molecular complexity index is 172. The third kappa shape index (κ3) is 0.900. The molecule has 1 unspecified atom stereocenters. The van der Waals surface area contributed by atoms with Crippen LogP contribution in [0.4, 0.5) is 0 Å². The largest absolute Gasteiger partial charge is 0.384 e. The zero-order valence-electron chi connectivity index (χ0n) is 5.17. The van der Waals surface area contributed by atoms with Crippen molar-refractivity contribution in [2.75, 3.05) is 6.29 Å². The molecule has 0 amide bonds. The van der Waals surface area contributed by atoms with Gasteiger partial charge in [-0.05, 0) is 21.1 Å². The molecule has 1 N–H and O–H groups in total. The van der Waals surface area contributed by atoms with Gasteiger partial charge in [0.05, 0.1) is 0 Å². The van der Waals surface area contributed by atoms with Crippen molar-refractivity contribution in [3.05, 3.63) is 23.9 Å². The lowest BCUT2D eigenvalue weighted by molar-refractivity contribution is 0.887. The number of fused-ring (bicyclic) bond motifs is 1. The third-order valence-corrected chi connectivity index (χ3v) is 3.00. The Kier molecular flexibility index (Phi) is 1.31. The molecule has 0 bridgehead atoms. The number of hydrogen-bond acceptors (Lipinski definition) is 1. The van der Waals surface area contributed by atoms with Crippen LogP contribution in [0.15, 0.2) is 23.9 Å². The first-order valence-electron chi connectivity index (χ1n) is 3.24. The molecule has 47 valence electrons. The van der Waals surface area contributed by atoms with E-state index in [1.807, 2.05) is 0 Å². The number of nitrogens with one attached hydrogen (secondary N) is 1. The van der Waals surface area contributed by atoms with Gasteiger partial charge in [0, 0.05) is 17.6 Å². The lowest BCUT2D eigenvalue weighted by Crippen LogP contribution is -2.11. The number of rotatable bonds is 0. The van der Waals surface area contributed by atoms with Gasteiger partial charge in [0.15, 0.2) is 0 Å². The second kappa shape index (κ2) is 2.15. The molecular formula is C7H9NP. The van der Waals surface area contributed by atoms with E-state index >= 15 is 0 Å². The lowest BCUT2D eigenvalue weighted by Gasteiger charge is -2.09. The van der Waals surface area contributed by atoms with Crippen LogP contribution in [0.1, 0.15) is 6.42 Å². The normalized spacial score (nSPS) is 33.8. The summed E-state index contributed by atoms with van der Waals surface area (Å²) in [6.45, 7) is 0.